The summed E-state index contributed by atoms with van der Waals surface area (Å²) in [6.45, 7) is 2.04. The third-order valence-corrected chi connectivity index (χ3v) is 3.81. The van der Waals surface area contributed by atoms with E-state index in [1.807, 2.05) is 6.92 Å². The zero-order chi connectivity index (χ0) is 15.2. The third-order valence-electron chi connectivity index (χ3n) is 3.81. The Morgan fingerprint density at radius 2 is 2.14 bits per heavy atom. The summed E-state index contributed by atoms with van der Waals surface area (Å²) < 4.78 is 11.3. The number of rotatable bonds is 6. The molecular weight excluding hydrogens is 270 g/mol. The van der Waals surface area contributed by atoms with E-state index in [2.05, 4.69) is 4.98 Å². The van der Waals surface area contributed by atoms with Crippen molar-refractivity contribution >= 4 is 5.97 Å². The van der Waals surface area contributed by atoms with Crippen LogP contribution >= 0.6 is 0 Å². The van der Waals surface area contributed by atoms with Crippen molar-refractivity contribution in [2.45, 2.75) is 57.7 Å². The van der Waals surface area contributed by atoms with Crippen molar-refractivity contribution in [2.24, 2.45) is 0 Å². The lowest BCUT2D eigenvalue weighted by Crippen LogP contribution is -2.29. The van der Waals surface area contributed by atoms with Crippen LogP contribution in [-0.4, -0.2) is 35.4 Å². The first-order valence-electron chi connectivity index (χ1n) is 7.56. The van der Waals surface area contributed by atoms with Gasteiger partial charge in [-0.2, -0.15) is 0 Å². The minimum absolute atomic E-state index is 0.0507. The van der Waals surface area contributed by atoms with E-state index in [1.165, 1.54) is 6.07 Å². The van der Waals surface area contributed by atoms with E-state index in [4.69, 9.17) is 9.47 Å². The number of aromatic nitrogens is 1. The Bertz CT molecular complexity index is 489. The van der Waals surface area contributed by atoms with Gasteiger partial charge in [0, 0.05) is 25.3 Å². The number of nitrogens with zero attached hydrogens (tertiary/aromatic N) is 1. The van der Waals surface area contributed by atoms with Gasteiger partial charge in [0.1, 0.15) is 6.10 Å². The highest BCUT2D eigenvalue weighted by Crippen LogP contribution is 2.25. The van der Waals surface area contributed by atoms with Crippen LogP contribution in [0, 0.1) is 0 Å². The summed E-state index contributed by atoms with van der Waals surface area (Å²) in [6.07, 6.45) is 5.86. The fraction of sp³-hybridized carbons (Fsp3) is 0.625. The van der Waals surface area contributed by atoms with Crippen molar-refractivity contribution < 1.29 is 19.4 Å². The molecular formula is C16H23NO4. The molecule has 0 saturated heterocycles. The van der Waals surface area contributed by atoms with Crippen LogP contribution in [-0.2, 0) is 11.2 Å². The van der Waals surface area contributed by atoms with Crippen molar-refractivity contribution in [3.05, 3.63) is 23.4 Å². The summed E-state index contributed by atoms with van der Waals surface area (Å²) in [6, 6.07) is 3.13. The van der Waals surface area contributed by atoms with Gasteiger partial charge in [0.05, 0.1) is 11.7 Å². The molecule has 0 radical (unpaired) electrons. The van der Waals surface area contributed by atoms with Crippen LogP contribution in [0.2, 0.25) is 0 Å². The van der Waals surface area contributed by atoms with Gasteiger partial charge in [-0.25, -0.2) is 9.78 Å². The smallest absolute Gasteiger partial charge is 0.335 e. The maximum Gasteiger partial charge on any atom is 0.335 e. The lowest BCUT2D eigenvalue weighted by molar-refractivity contribution is 0.0193. The van der Waals surface area contributed by atoms with Gasteiger partial charge in [0.2, 0.25) is 5.88 Å². The Labute approximate surface area is 125 Å². The fourth-order valence-corrected chi connectivity index (χ4v) is 2.72. The van der Waals surface area contributed by atoms with Crippen LogP contribution in [0.15, 0.2) is 12.1 Å². The van der Waals surface area contributed by atoms with Crippen LogP contribution in [0.5, 0.6) is 5.88 Å². The van der Waals surface area contributed by atoms with E-state index in [0.717, 1.165) is 44.2 Å². The van der Waals surface area contributed by atoms with Gasteiger partial charge in [-0.1, -0.05) is 13.3 Å². The molecule has 5 heteroatoms. The van der Waals surface area contributed by atoms with Crippen LogP contribution in [0.4, 0.5) is 0 Å². The molecule has 0 aliphatic heterocycles. The van der Waals surface area contributed by atoms with Gasteiger partial charge in [0.15, 0.2) is 0 Å². The van der Waals surface area contributed by atoms with Crippen LogP contribution in [0.1, 0.15) is 55.1 Å². The van der Waals surface area contributed by atoms with Gasteiger partial charge in [-0.3, -0.25) is 0 Å². The summed E-state index contributed by atoms with van der Waals surface area (Å²) >= 11 is 0. The lowest BCUT2D eigenvalue weighted by Gasteiger charge is -2.28. The van der Waals surface area contributed by atoms with Crippen molar-refractivity contribution in [1.82, 2.24) is 4.98 Å². The van der Waals surface area contributed by atoms with Gasteiger partial charge >= 0.3 is 5.97 Å². The van der Waals surface area contributed by atoms with Gasteiger partial charge in [-0.15, -0.1) is 0 Å². The third kappa shape index (κ3) is 4.43. The Balaban J connectivity index is 2.12. The highest BCUT2D eigenvalue weighted by Gasteiger charge is 2.24. The van der Waals surface area contributed by atoms with E-state index < -0.39 is 5.97 Å². The van der Waals surface area contributed by atoms with Crippen LogP contribution < -0.4 is 4.74 Å². The Kier molecular flexibility index (Phi) is 5.56. The first kappa shape index (κ1) is 15.8. The summed E-state index contributed by atoms with van der Waals surface area (Å²) in [5, 5.41) is 9.18. The van der Waals surface area contributed by atoms with E-state index in [1.54, 1.807) is 13.2 Å². The Hall–Kier alpha value is -1.62. The molecule has 1 fully saturated rings. The molecule has 2 atom stereocenters. The van der Waals surface area contributed by atoms with E-state index in [-0.39, 0.29) is 17.8 Å². The average molecular weight is 293 g/mol. The van der Waals surface area contributed by atoms with Crippen molar-refractivity contribution in [2.75, 3.05) is 7.11 Å². The molecule has 0 aromatic carbocycles. The second-order valence-corrected chi connectivity index (χ2v) is 5.50. The normalized spacial score (nSPS) is 22.0. The number of carbonyl (C=O) groups is 1. The number of aryl methyl sites for hydroxylation is 1. The topological polar surface area (TPSA) is 68.7 Å². The first-order valence-corrected chi connectivity index (χ1v) is 7.56. The zero-order valence-corrected chi connectivity index (χ0v) is 12.7. The molecule has 0 spiro atoms. The molecule has 1 aromatic heterocycles. The molecule has 1 heterocycles. The second-order valence-electron chi connectivity index (χ2n) is 5.50. The number of hydrogen-bond acceptors (Lipinski definition) is 4. The number of carboxylic acids is 1. The fourth-order valence-electron chi connectivity index (χ4n) is 2.72. The number of carboxylic acid groups (broad SMARTS) is 1. The summed E-state index contributed by atoms with van der Waals surface area (Å²) in [7, 11) is 1.72. The Morgan fingerprint density at radius 1 is 1.38 bits per heavy atom. The molecule has 1 aliphatic rings. The molecule has 1 N–H and O–H groups in total. The predicted molar refractivity (Wildman–Crippen MR) is 78.9 cm³/mol. The molecule has 1 aliphatic carbocycles. The Morgan fingerprint density at radius 3 is 2.81 bits per heavy atom. The summed E-state index contributed by atoms with van der Waals surface area (Å²) in [5.74, 6) is -0.530. The second kappa shape index (κ2) is 7.41. The number of ether oxygens (including phenoxy) is 2. The van der Waals surface area contributed by atoms with Crippen molar-refractivity contribution in [3.8, 4) is 5.88 Å². The molecule has 0 bridgehead atoms. The lowest BCUT2D eigenvalue weighted by atomic mass is 9.95. The molecule has 116 valence electrons. The highest BCUT2D eigenvalue weighted by molar-refractivity contribution is 5.88. The summed E-state index contributed by atoms with van der Waals surface area (Å²) in [5.41, 5.74) is 1.01. The van der Waals surface area contributed by atoms with Gasteiger partial charge in [0.25, 0.3) is 0 Å². The maximum atomic E-state index is 11.2. The van der Waals surface area contributed by atoms with E-state index in [0.29, 0.717) is 5.88 Å². The molecule has 21 heavy (non-hydrogen) atoms. The van der Waals surface area contributed by atoms with Crippen molar-refractivity contribution in [3.63, 3.8) is 0 Å². The zero-order valence-electron chi connectivity index (χ0n) is 12.7. The minimum Gasteiger partial charge on any atom is -0.478 e. The number of hydrogen-bond donors (Lipinski definition) is 1. The SMILES string of the molecule is CCCc1cc(C(=O)O)cc(OC2CCCC(OC)C2)n1. The molecule has 1 aromatic rings. The molecule has 2 rings (SSSR count). The molecule has 0 amide bonds. The number of pyridine rings is 1. The largest absolute Gasteiger partial charge is 0.478 e. The van der Waals surface area contributed by atoms with Crippen molar-refractivity contribution in [1.29, 1.82) is 0 Å². The monoisotopic (exact) mass is 293 g/mol. The highest BCUT2D eigenvalue weighted by atomic mass is 16.5. The first-order chi connectivity index (χ1) is 10.1. The van der Waals surface area contributed by atoms with Gasteiger partial charge < -0.3 is 14.6 Å². The summed E-state index contributed by atoms with van der Waals surface area (Å²) in [4.78, 5) is 15.6. The maximum absolute atomic E-state index is 11.2. The van der Waals surface area contributed by atoms with Crippen LogP contribution in [0.3, 0.4) is 0 Å². The van der Waals surface area contributed by atoms with Crippen LogP contribution in [0.25, 0.3) is 0 Å². The van der Waals surface area contributed by atoms with Gasteiger partial charge in [-0.05, 0) is 31.7 Å². The molecule has 2 unspecified atom stereocenters. The standard InChI is InChI=1S/C16H23NO4/c1-3-5-12-8-11(16(18)19)9-15(17-12)21-14-7-4-6-13(10-14)20-2/h8-9,13-14H,3-7,10H2,1-2H3,(H,18,19). The number of aromatic carboxylic acids is 1. The van der Waals surface area contributed by atoms with E-state index in [9.17, 15) is 9.90 Å². The molecule has 5 nitrogen and oxygen atoms in total. The molecule has 1 saturated carbocycles. The van der Waals surface area contributed by atoms with E-state index >= 15 is 0 Å². The predicted octanol–water partition coefficient (Wildman–Crippen LogP) is 3.07. The minimum atomic E-state index is -0.946. The average Bonchev–Trinajstić information content (AvgIpc) is 2.47. The quantitative estimate of drug-likeness (QED) is 0.873. The number of methoxy groups -OCH3 is 1.